The first-order valence-electron chi connectivity index (χ1n) is 9.86. The summed E-state index contributed by atoms with van der Waals surface area (Å²) in [6.45, 7) is 0.825. The number of amides is 1. The summed E-state index contributed by atoms with van der Waals surface area (Å²) in [4.78, 5) is 12.4. The van der Waals surface area contributed by atoms with Crippen LogP contribution in [-0.2, 0) is 19.4 Å². The number of carbonyl (C=O) groups excluding carboxylic acids is 1. The Bertz CT molecular complexity index is 1040. The van der Waals surface area contributed by atoms with Crippen LogP contribution in [0.4, 0.5) is 13.2 Å². The Labute approximate surface area is 188 Å². The molecule has 0 spiro atoms. The van der Waals surface area contributed by atoms with Crippen LogP contribution < -0.4 is 10.1 Å². The lowest BCUT2D eigenvalue weighted by Crippen LogP contribution is -2.42. The van der Waals surface area contributed by atoms with Gasteiger partial charge < -0.3 is 14.8 Å². The van der Waals surface area contributed by atoms with Crippen LogP contribution in [-0.4, -0.2) is 50.6 Å². The Morgan fingerprint density at radius 1 is 1.34 bits per heavy atom. The molecule has 0 heterocycles. The van der Waals surface area contributed by atoms with Crippen LogP contribution in [0.1, 0.15) is 32.6 Å². The molecule has 1 N–H and O–H groups in total. The van der Waals surface area contributed by atoms with Crippen molar-refractivity contribution in [2.24, 2.45) is 5.92 Å². The molecule has 32 heavy (non-hydrogen) atoms. The predicted molar refractivity (Wildman–Crippen MR) is 108 cm³/mol. The van der Waals surface area contributed by atoms with Gasteiger partial charge in [0.25, 0.3) is 0 Å². The minimum absolute atomic E-state index is 0.0339. The fourth-order valence-corrected chi connectivity index (χ4v) is 6.04. The van der Waals surface area contributed by atoms with E-state index >= 15 is 0 Å². The molecule has 1 aromatic rings. The van der Waals surface area contributed by atoms with Crippen molar-refractivity contribution in [3.63, 3.8) is 0 Å². The van der Waals surface area contributed by atoms with Crippen LogP contribution >= 0.6 is 11.6 Å². The summed E-state index contributed by atoms with van der Waals surface area (Å²) in [5, 5.41) is 10.6. The van der Waals surface area contributed by atoms with Gasteiger partial charge in [0.05, 0.1) is 33.3 Å². The maximum Gasteiger partial charge on any atom is 0.425 e. The van der Waals surface area contributed by atoms with Crippen molar-refractivity contribution in [2.75, 3.05) is 7.11 Å². The molecule has 2 aliphatic rings. The molecule has 4 atom stereocenters. The minimum atomic E-state index is -4.59. The van der Waals surface area contributed by atoms with E-state index in [0.717, 1.165) is 25.1 Å². The highest BCUT2D eigenvalue weighted by Crippen LogP contribution is 2.40. The van der Waals surface area contributed by atoms with Crippen molar-refractivity contribution in [3.05, 3.63) is 23.2 Å². The van der Waals surface area contributed by atoms with Crippen LogP contribution in [0.5, 0.6) is 5.75 Å². The second kappa shape index (κ2) is 8.72. The molecule has 1 amide bonds. The molecule has 7 nitrogen and oxygen atoms in total. The van der Waals surface area contributed by atoms with E-state index in [9.17, 15) is 31.6 Å². The van der Waals surface area contributed by atoms with Gasteiger partial charge in [0.1, 0.15) is 11.3 Å². The third-order valence-electron chi connectivity index (χ3n) is 5.85. The number of nitriles is 1. The van der Waals surface area contributed by atoms with Gasteiger partial charge in [0, 0.05) is 13.2 Å². The quantitative estimate of drug-likeness (QED) is 0.622. The van der Waals surface area contributed by atoms with Crippen molar-refractivity contribution in [1.29, 1.82) is 5.26 Å². The van der Waals surface area contributed by atoms with E-state index < -0.39 is 50.8 Å². The number of hydrogen-bond donors (Lipinski definition) is 1. The van der Waals surface area contributed by atoms with E-state index in [1.54, 1.807) is 0 Å². The topological polar surface area (TPSA) is 105 Å². The standard InChI is InChI=1S/C20H22ClF3N2O5S/c1-11(20(22,23)24)31-12-3-4-17(15(21)7-12)32(28,29)13-8-14(16(9-13)30-2)18(27)26-19(10-25)5-6-19/h3-4,7,11,13-14,16H,5-6,8-9H2,1-2H3,(H,26,27)/t11-,13+,14?,16+/m0/s1. The van der Waals surface area contributed by atoms with Crippen LogP contribution in [0.2, 0.25) is 5.02 Å². The van der Waals surface area contributed by atoms with E-state index in [1.807, 2.05) is 0 Å². The maximum absolute atomic E-state index is 13.2. The summed E-state index contributed by atoms with van der Waals surface area (Å²) in [5.41, 5.74) is -0.890. The molecule has 0 bridgehead atoms. The summed E-state index contributed by atoms with van der Waals surface area (Å²) in [6, 6.07) is 5.28. The van der Waals surface area contributed by atoms with Crippen molar-refractivity contribution < 1.29 is 35.9 Å². The lowest BCUT2D eigenvalue weighted by Gasteiger charge is -2.19. The normalized spacial score (nSPS) is 25.6. The van der Waals surface area contributed by atoms with Crippen molar-refractivity contribution in [1.82, 2.24) is 5.32 Å². The fraction of sp³-hybridized carbons (Fsp3) is 0.600. The molecule has 0 saturated heterocycles. The number of alkyl halides is 3. The molecule has 176 valence electrons. The van der Waals surface area contributed by atoms with Gasteiger partial charge in [-0.05, 0) is 44.7 Å². The first kappa shape index (κ1) is 24.6. The zero-order chi connectivity index (χ0) is 23.9. The minimum Gasteiger partial charge on any atom is -0.481 e. The average Bonchev–Trinajstić information content (AvgIpc) is 3.33. The van der Waals surface area contributed by atoms with Crippen molar-refractivity contribution in [2.45, 2.75) is 66.7 Å². The number of hydrogen-bond acceptors (Lipinski definition) is 6. The van der Waals surface area contributed by atoms with Crippen LogP contribution in [0, 0.1) is 17.2 Å². The van der Waals surface area contributed by atoms with E-state index in [4.69, 9.17) is 21.1 Å². The lowest BCUT2D eigenvalue weighted by atomic mass is 10.0. The Morgan fingerprint density at radius 3 is 2.50 bits per heavy atom. The molecular formula is C20H22ClF3N2O5S. The summed E-state index contributed by atoms with van der Waals surface area (Å²) in [6.07, 6.45) is -6.27. The second-order valence-electron chi connectivity index (χ2n) is 8.10. The summed E-state index contributed by atoms with van der Waals surface area (Å²) >= 11 is 6.09. The maximum atomic E-state index is 13.2. The van der Waals surface area contributed by atoms with E-state index in [-0.39, 0.29) is 28.5 Å². The number of benzene rings is 1. The summed E-state index contributed by atoms with van der Waals surface area (Å²) in [7, 11) is -2.65. The number of rotatable bonds is 7. The van der Waals surface area contributed by atoms with Crippen LogP contribution in [0.25, 0.3) is 0 Å². The highest BCUT2D eigenvalue weighted by Gasteiger charge is 2.50. The Hall–Kier alpha value is -2.03. The van der Waals surface area contributed by atoms with Crippen molar-refractivity contribution in [3.8, 4) is 11.8 Å². The number of carbonyl (C=O) groups is 1. The van der Waals surface area contributed by atoms with E-state index in [1.165, 1.54) is 7.11 Å². The second-order valence-corrected chi connectivity index (χ2v) is 10.7. The third kappa shape index (κ3) is 4.97. The number of nitrogens with one attached hydrogen (secondary N) is 1. The smallest absolute Gasteiger partial charge is 0.425 e. The zero-order valence-electron chi connectivity index (χ0n) is 17.3. The summed E-state index contributed by atoms with van der Waals surface area (Å²) in [5.74, 6) is -1.42. The molecule has 1 aromatic carbocycles. The number of sulfone groups is 1. The molecule has 2 aliphatic carbocycles. The van der Waals surface area contributed by atoms with Gasteiger partial charge in [-0.1, -0.05) is 11.6 Å². The molecule has 12 heteroatoms. The first-order chi connectivity index (χ1) is 14.8. The average molecular weight is 495 g/mol. The molecule has 2 saturated carbocycles. The monoisotopic (exact) mass is 494 g/mol. The molecule has 0 radical (unpaired) electrons. The molecule has 0 aromatic heterocycles. The van der Waals surface area contributed by atoms with Gasteiger partial charge in [0.15, 0.2) is 15.9 Å². The third-order valence-corrected chi connectivity index (χ3v) is 8.51. The highest BCUT2D eigenvalue weighted by molar-refractivity contribution is 7.92. The van der Waals surface area contributed by atoms with Crippen molar-refractivity contribution >= 4 is 27.3 Å². The first-order valence-corrected chi connectivity index (χ1v) is 11.8. The molecular weight excluding hydrogens is 473 g/mol. The van der Waals surface area contributed by atoms with Crippen LogP contribution in [0.15, 0.2) is 23.1 Å². The van der Waals surface area contributed by atoms with Gasteiger partial charge in [-0.3, -0.25) is 4.79 Å². The summed E-state index contributed by atoms with van der Waals surface area (Å²) < 4.78 is 74.6. The Morgan fingerprint density at radius 2 is 2.00 bits per heavy atom. The van der Waals surface area contributed by atoms with E-state index in [0.29, 0.717) is 12.8 Å². The lowest BCUT2D eigenvalue weighted by molar-refractivity contribution is -0.189. The highest BCUT2D eigenvalue weighted by atomic mass is 35.5. The zero-order valence-corrected chi connectivity index (χ0v) is 18.9. The number of ether oxygens (including phenoxy) is 2. The molecule has 2 fully saturated rings. The van der Waals surface area contributed by atoms with Gasteiger partial charge in [-0.15, -0.1) is 0 Å². The van der Waals surface area contributed by atoms with Gasteiger partial charge >= 0.3 is 6.18 Å². The predicted octanol–water partition coefficient (Wildman–Crippen LogP) is 3.41. The van der Waals surface area contributed by atoms with Gasteiger partial charge in [0.2, 0.25) is 5.91 Å². The number of methoxy groups -OCH3 is 1. The molecule has 0 aliphatic heterocycles. The number of nitrogens with zero attached hydrogens (tertiary/aromatic N) is 1. The SMILES string of the molecule is CO[C@@H]1C[C@H](S(=O)(=O)c2ccc(O[C@@H](C)C(F)(F)F)cc2Cl)CC1C(=O)NC1(C#N)CC1. The molecule has 1 unspecified atom stereocenters. The molecule has 3 rings (SSSR count). The Balaban J connectivity index is 1.77. The Kier molecular flexibility index (Phi) is 6.71. The number of halogens is 4. The largest absolute Gasteiger partial charge is 0.481 e. The van der Waals surface area contributed by atoms with Crippen LogP contribution in [0.3, 0.4) is 0 Å². The van der Waals surface area contributed by atoms with Gasteiger partial charge in [-0.25, -0.2) is 8.42 Å². The fourth-order valence-electron chi connectivity index (χ4n) is 3.70. The van der Waals surface area contributed by atoms with E-state index in [2.05, 4.69) is 11.4 Å². The van der Waals surface area contributed by atoms with Gasteiger partial charge in [-0.2, -0.15) is 18.4 Å².